The highest BCUT2D eigenvalue weighted by molar-refractivity contribution is 5.06. The standard InChI is InChI=1S/C15H21N5O2/c1-11-10-14(21)20(15(22)17-11)9-8-19-6-3-12(4-7-19)13-2-5-16-18-13/h2,5,10,12H,3-4,6-9H2,1H3,(H,16,18)(H,17,22). The van der Waals surface area contributed by atoms with Crippen molar-refractivity contribution < 1.29 is 0 Å². The van der Waals surface area contributed by atoms with Crippen LogP contribution < -0.4 is 11.2 Å². The summed E-state index contributed by atoms with van der Waals surface area (Å²) < 4.78 is 1.27. The monoisotopic (exact) mass is 303 g/mol. The lowest BCUT2D eigenvalue weighted by atomic mass is 9.94. The zero-order valence-corrected chi connectivity index (χ0v) is 12.7. The Morgan fingerprint density at radius 2 is 2.05 bits per heavy atom. The van der Waals surface area contributed by atoms with Gasteiger partial charge in [0.05, 0.1) is 0 Å². The van der Waals surface area contributed by atoms with Gasteiger partial charge in [0.2, 0.25) is 0 Å². The van der Waals surface area contributed by atoms with Gasteiger partial charge < -0.3 is 9.88 Å². The number of piperidine rings is 1. The lowest BCUT2D eigenvalue weighted by Crippen LogP contribution is -2.41. The highest BCUT2D eigenvalue weighted by Crippen LogP contribution is 2.25. The summed E-state index contributed by atoms with van der Waals surface area (Å²) in [6.45, 7) is 4.82. The van der Waals surface area contributed by atoms with Gasteiger partial charge in [-0.3, -0.25) is 14.5 Å². The minimum atomic E-state index is -0.322. The average molecular weight is 303 g/mol. The van der Waals surface area contributed by atoms with Crippen LogP contribution in [0.5, 0.6) is 0 Å². The van der Waals surface area contributed by atoms with Gasteiger partial charge in [0.25, 0.3) is 5.56 Å². The SMILES string of the molecule is Cc1cc(=O)n(CCN2CCC(c3ccn[nH]3)CC2)c(=O)[nH]1. The molecule has 7 heteroatoms. The van der Waals surface area contributed by atoms with Crippen molar-refractivity contribution in [3.05, 3.63) is 50.6 Å². The second kappa shape index (κ2) is 6.31. The molecule has 22 heavy (non-hydrogen) atoms. The van der Waals surface area contributed by atoms with Crippen LogP contribution in [0.2, 0.25) is 0 Å². The Morgan fingerprint density at radius 3 is 2.68 bits per heavy atom. The third-order valence-electron chi connectivity index (χ3n) is 4.34. The summed E-state index contributed by atoms with van der Waals surface area (Å²) >= 11 is 0. The fraction of sp³-hybridized carbons (Fsp3) is 0.533. The Labute approximate surface area is 128 Å². The normalized spacial score (nSPS) is 17.0. The highest BCUT2D eigenvalue weighted by atomic mass is 16.2. The van der Waals surface area contributed by atoms with Crippen LogP contribution in [0.25, 0.3) is 0 Å². The first kappa shape index (κ1) is 14.8. The molecule has 3 heterocycles. The first-order chi connectivity index (χ1) is 10.6. The number of hydrogen-bond donors (Lipinski definition) is 2. The summed E-state index contributed by atoms with van der Waals surface area (Å²) in [7, 11) is 0. The number of nitrogens with one attached hydrogen (secondary N) is 2. The molecule has 0 unspecified atom stereocenters. The van der Waals surface area contributed by atoms with Crippen molar-refractivity contribution in [2.45, 2.75) is 32.2 Å². The van der Waals surface area contributed by atoms with Crippen molar-refractivity contribution in [2.75, 3.05) is 19.6 Å². The van der Waals surface area contributed by atoms with Crippen LogP contribution >= 0.6 is 0 Å². The molecule has 118 valence electrons. The lowest BCUT2D eigenvalue weighted by Gasteiger charge is -2.31. The molecule has 0 radical (unpaired) electrons. The van der Waals surface area contributed by atoms with Crippen LogP contribution in [0.1, 0.15) is 30.1 Å². The summed E-state index contributed by atoms with van der Waals surface area (Å²) in [5, 5.41) is 7.04. The molecular formula is C15H21N5O2. The van der Waals surface area contributed by atoms with E-state index in [1.54, 1.807) is 13.1 Å². The van der Waals surface area contributed by atoms with Crippen LogP contribution in [0.4, 0.5) is 0 Å². The molecule has 1 aliphatic heterocycles. The zero-order chi connectivity index (χ0) is 15.5. The molecule has 0 bridgehead atoms. The van der Waals surface area contributed by atoms with Gasteiger partial charge in [0, 0.05) is 42.7 Å². The predicted molar refractivity (Wildman–Crippen MR) is 83.1 cm³/mol. The quantitative estimate of drug-likeness (QED) is 0.858. The molecule has 0 atom stereocenters. The minimum Gasteiger partial charge on any atom is -0.311 e. The number of H-pyrrole nitrogens is 2. The van der Waals surface area contributed by atoms with Crippen LogP contribution in [-0.2, 0) is 6.54 Å². The summed E-state index contributed by atoms with van der Waals surface area (Å²) in [6, 6.07) is 3.50. The molecule has 1 aliphatic rings. The van der Waals surface area contributed by atoms with Crippen molar-refractivity contribution in [1.29, 1.82) is 0 Å². The van der Waals surface area contributed by atoms with Crippen molar-refractivity contribution in [2.24, 2.45) is 0 Å². The molecule has 0 spiro atoms. The largest absolute Gasteiger partial charge is 0.328 e. The van der Waals surface area contributed by atoms with Gasteiger partial charge >= 0.3 is 5.69 Å². The molecule has 0 aromatic carbocycles. The predicted octanol–water partition coefficient (Wildman–Crippen LogP) is 0.448. The summed E-state index contributed by atoms with van der Waals surface area (Å²) in [5.74, 6) is 0.532. The Balaban J connectivity index is 1.56. The fourth-order valence-corrected chi connectivity index (χ4v) is 3.05. The van der Waals surface area contributed by atoms with Gasteiger partial charge in [-0.25, -0.2) is 4.79 Å². The molecule has 0 amide bonds. The fourth-order valence-electron chi connectivity index (χ4n) is 3.05. The molecule has 7 nitrogen and oxygen atoms in total. The van der Waals surface area contributed by atoms with Crippen LogP contribution in [0.3, 0.4) is 0 Å². The Bertz CT molecular complexity index is 692. The zero-order valence-electron chi connectivity index (χ0n) is 12.7. The van der Waals surface area contributed by atoms with Crippen molar-refractivity contribution in [1.82, 2.24) is 24.6 Å². The van der Waals surface area contributed by atoms with E-state index in [9.17, 15) is 9.59 Å². The second-order valence-corrected chi connectivity index (χ2v) is 5.88. The van der Waals surface area contributed by atoms with Crippen LogP contribution in [0, 0.1) is 6.92 Å². The number of nitrogens with zero attached hydrogens (tertiary/aromatic N) is 3. The van der Waals surface area contributed by atoms with E-state index in [2.05, 4.69) is 20.1 Å². The molecular weight excluding hydrogens is 282 g/mol. The van der Waals surface area contributed by atoms with Crippen LogP contribution in [-0.4, -0.2) is 44.3 Å². The Kier molecular flexibility index (Phi) is 4.24. The minimum absolute atomic E-state index is 0.228. The molecule has 2 aromatic heterocycles. The highest BCUT2D eigenvalue weighted by Gasteiger charge is 2.21. The van der Waals surface area contributed by atoms with Gasteiger partial charge in [-0.15, -0.1) is 0 Å². The maximum atomic E-state index is 11.9. The smallest absolute Gasteiger partial charge is 0.311 e. The number of hydrogen-bond acceptors (Lipinski definition) is 4. The van der Waals surface area contributed by atoms with E-state index in [-0.39, 0.29) is 11.2 Å². The second-order valence-electron chi connectivity index (χ2n) is 5.88. The maximum absolute atomic E-state index is 11.9. The molecule has 3 rings (SSSR count). The summed E-state index contributed by atoms with van der Waals surface area (Å²) in [4.78, 5) is 28.6. The first-order valence-electron chi connectivity index (χ1n) is 7.66. The van der Waals surface area contributed by atoms with E-state index in [4.69, 9.17) is 0 Å². The molecule has 2 N–H and O–H groups in total. The van der Waals surface area contributed by atoms with Crippen molar-refractivity contribution >= 4 is 0 Å². The number of aromatic nitrogens is 4. The van der Waals surface area contributed by atoms with Gasteiger partial charge in [-0.1, -0.05) is 0 Å². The third kappa shape index (κ3) is 3.19. The van der Waals surface area contributed by atoms with E-state index in [0.29, 0.717) is 18.2 Å². The van der Waals surface area contributed by atoms with Gasteiger partial charge in [0.1, 0.15) is 0 Å². The molecule has 1 saturated heterocycles. The van der Waals surface area contributed by atoms with E-state index >= 15 is 0 Å². The summed E-state index contributed by atoms with van der Waals surface area (Å²) in [5.41, 5.74) is 1.25. The third-order valence-corrected chi connectivity index (χ3v) is 4.34. The van der Waals surface area contributed by atoms with Crippen LogP contribution in [0.15, 0.2) is 27.9 Å². The number of aryl methyl sites for hydroxylation is 1. The Hall–Kier alpha value is -2.15. The van der Waals surface area contributed by atoms with E-state index in [1.807, 2.05) is 6.07 Å². The topological polar surface area (TPSA) is 86.8 Å². The molecule has 0 aliphatic carbocycles. The number of likely N-dealkylation sites (tertiary alicyclic amines) is 1. The lowest BCUT2D eigenvalue weighted by molar-refractivity contribution is 0.202. The average Bonchev–Trinajstić information content (AvgIpc) is 3.01. The first-order valence-corrected chi connectivity index (χ1v) is 7.66. The van der Waals surface area contributed by atoms with E-state index in [0.717, 1.165) is 32.5 Å². The number of rotatable bonds is 4. The van der Waals surface area contributed by atoms with E-state index < -0.39 is 0 Å². The maximum Gasteiger partial charge on any atom is 0.328 e. The molecule has 2 aromatic rings. The molecule has 1 fully saturated rings. The van der Waals surface area contributed by atoms with E-state index in [1.165, 1.54) is 16.3 Å². The Morgan fingerprint density at radius 1 is 1.27 bits per heavy atom. The molecule has 0 saturated carbocycles. The van der Waals surface area contributed by atoms with Crippen molar-refractivity contribution in [3.8, 4) is 0 Å². The van der Waals surface area contributed by atoms with Gasteiger partial charge in [-0.05, 0) is 38.9 Å². The van der Waals surface area contributed by atoms with Gasteiger partial charge in [0.15, 0.2) is 0 Å². The van der Waals surface area contributed by atoms with Crippen molar-refractivity contribution in [3.63, 3.8) is 0 Å². The van der Waals surface area contributed by atoms with Gasteiger partial charge in [-0.2, -0.15) is 5.10 Å². The number of aromatic amines is 2. The summed E-state index contributed by atoms with van der Waals surface area (Å²) in [6.07, 6.45) is 3.93.